The highest BCUT2D eigenvalue weighted by atomic mass is 16.1. The minimum Gasteiger partial charge on any atom is -0.312 e. The summed E-state index contributed by atoms with van der Waals surface area (Å²) < 4.78 is 1.32. The lowest BCUT2D eigenvalue weighted by Crippen LogP contribution is -2.35. The summed E-state index contributed by atoms with van der Waals surface area (Å²) in [5.74, 6) is 0. The van der Waals surface area contributed by atoms with Gasteiger partial charge in [-0.25, -0.2) is 4.68 Å². The van der Waals surface area contributed by atoms with Gasteiger partial charge in [0.1, 0.15) is 0 Å². The Morgan fingerprint density at radius 3 is 2.89 bits per heavy atom. The molecule has 0 saturated carbocycles. The molecule has 2 N–H and O–H groups in total. The van der Waals surface area contributed by atoms with Gasteiger partial charge in [-0.1, -0.05) is 5.57 Å². The highest BCUT2D eigenvalue weighted by Gasteiger charge is 2.02. The molecule has 1 aromatic heterocycles. The van der Waals surface area contributed by atoms with E-state index in [1.54, 1.807) is 0 Å². The van der Waals surface area contributed by atoms with Gasteiger partial charge >= 0.3 is 0 Å². The van der Waals surface area contributed by atoms with Gasteiger partial charge in [0, 0.05) is 24.7 Å². The Labute approximate surface area is 107 Å². The number of H-pyrrole nitrogens is 1. The monoisotopic (exact) mass is 251 g/mol. The smallest absolute Gasteiger partial charge is 0.265 e. The van der Waals surface area contributed by atoms with Gasteiger partial charge in [-0.2, -0.15) is 0 Å². The summed E-state index contributed by atoms with van der Waals surface area (Å²) in [5.41, 5.74) is 0.725. The predicted molar refractivity (Wildman–Crippen MR) is 72.8 cm³/mol. The predicted octanol–water partition coefficient (Wildman–Crippen LogP) is 0.871. The third-order valence-electron chi connectivity index (χ3n) is 2.72. The molecule has 1 atom stereocenters. The van der Waals surface area contributed by atoms with Gasteiger partial charge in [0.2, 0.25) is 0 Å². The second-order valence-electron chi connectivity index (χ2n) is 4.65. The number of aromatic amines is 1. The lowest BCUT2D eigenvalue weighted by Gasteiger charge is -2.14. The number of hydrogen-bond donors (Lipinski definition) is 2. The maximum atomic E-state index is 11.4. The summed E-state index contributed by atoms with van der Waals surface area (Å²) in [6.45, 7) is 9.09. The quantitative estimate of drug-likeness (QED) is 0.707. The molecule has 0 spiro atoms. The van der Waals surface area contributed by atoms with Crippen molar-refractivity contribution in [3.8, 4) is 0 Å². The first kappa shape index (κ1) is 14.4. The number of allylic oxidation sites excluding steroid dienone is 1. The van der Waals surface area contributed by atoms with Gasteiger partial charge in [-0.15, -0.1) is 6.58 Å². The van der Waals surface area contributed by atoms with Crippen LogP contribution in [-0.4, -0.2) is 22.4 Å². The average Bonchev–Trinajstić information content (AvgIpc) is 2.31. The van der Waals surface area contributed by atoms with Crippen LogP contribution in [0.4, 0.5) is 0 Å². The fourth-order valence-corrected chi connectivity index (χ4v) is 1.62. The Kier molecular flexibility index (Phi) is 5.58. The minimum atomic E-state index is -0.259. The number of nitrogens with one attached hydrogen (secondary N) is 2. The molecule has 0 saturated heterocycles. The van der Waals surface area contributed by atoms with Gasteiger partial charge < -0.3 is 5.32 Å². The van der Waals surface area contributed by atoms with Gasteiger partial charge in [0.05, 0.1) is 6.54 Å². The molecule has 5 nitrogen and oxygen atoms in total. The summed E-state index contributed by atoms with van der Waals surface area (Å²) >= 11 is 0. The van der Waals surface area contributed by atoms with Crippen molar-refractivity contribution < 1.29 is 0 Å². The Bertz CT molecular complexity index is 501. The van der Waals surface area contributed by atoms with E-state index in [0.29, 0.717) is 19.1 Å². The van der Waals surface area contributed by atoms with E-state index < -0.39 is 0 Å². The minimum absolute atomic E-state index is 0.189. The Balaban J connectivity index is 2.37. The van der Waals surface area contributed by atoms with Crippen LogP contribution in [-0.2, 0) is 6.54 Å². The molecule has 5 heteroatoms. The van der Waals surface area contributed by atoms with Crippen LogP contribution >= 0.6 is 0 Å². The van der Waals surface area contributed by atoms with Gasteiger partial charge in [-0.3, -0.25) is 14.7 Å². The van der Waals surface area contributed by atoms with Crippen molar-refractivity contribution in [2.45, 2.75) is 39.3 Å². The molecule has 0 aliphatic carbocycles. The molecular weight excluding hydrogens is 230 g/mol. The van der Waals surface area contributed by atoms with E-state index in [2.05, 4.69) is 23.9 Å². The maximum absolute atomic E-state index is 11.4. The standard InChI is InChI=1S/C13H21N3O2/c1-10(2)4-5-11(3)14-8-9-16-13(18)7-6-12(17)15-16/h6-7,11,14H,1,4-5,8-9H2,2-3H3,(H,15,17). The van der Waals surface area contributed by atoms with Crippen LogP contribution in [0.5, 0.6) is 0 Å². The molecule has 0 aliphatic heterocycles. The first-order valence-electron chi connectivity index (χ1n) is 6.17. The summed E-state index contributed by atoms with van der Waals surface area (Å²) in [4.78, 5) is 22.5. The summed E-state index contributed by atoms with van der Waals surface area (Å²) in [7, 11) is 0. The zero-order chi connectivity index (χ0) is 13.5. The van der Waals surface area contributed by atoms with E-state index >= 15 is 0 Å². The maximum Gasteiger partial charge on any atom is 0.265 e. The zero-order valence-corrected chi connectivity index (χ0v) is 11.0. The van der Waals surface area contributed by atoms with Crippen LogP contribution in [0.2, 0.25) is 0 Å². The van der Waals surface area contributed by atoms with Gasteiger partial charge in [0.15, 0.2) is 0 Å². The fourth-order valence-electron chi connectivity index (χ4n) is 1.62. The molecule has 1 rings (SSSR count). The molecule has 0 fully saturated rings. The molecular formula is C13H21N3O2. The van der Waals surface area contributed by atoms with Crippen molar-refractivity contribution in [1.29, 1.82) is 0 Å². The van der Waals surface area contributed by atoms with Crippen LogP contribution in [0.25, 0.3) is 0 Å². The molecule has 1 aromatic rings. The summed E-state index contributed by atoms with van der Waals surface area (Å²) in [6.07, 6.45) is 2.02. The Hall–Kier alpha value is -1.62. The molecule has 1 heterocycles. The largest absolute Gasteiger partial charge is 0.312 e. The van der Waals surface area contributed by atoms with E-state index in [9.17, 15) is 9.59 Å². The number of nitrogens with zero attached hydrogens (tertiary/aromatic N) is 1. The van der Waals surface area contributed by atoms with Crippen LogP contribution in [0, 0.1) is 0 Å². The highest BCUT2D eigenvalue weighted by Crippen LogP contribution is 2.03. The third kappa shape index (κ3) is 5.14. The first-order valence-corrected chi connectivity index (χ1v) is 6.17. The van der Waals surface area contributed by atoms with Crippen LogP contribution < -0.4 is 16.4 Å². The van der Waals surface area contributed by atoms with Crippen LogP contribution in [0.3, 0.4) is 0 Å². The van der Waals surface area contributed by atoms with Crippen molar-refractivity contribution in [3.05, 3.63) is 45.0 Å². The molecule has 100 valence electrons. The van der Waals surface area contributed by atoms with E-state index in [4.69, 9.17) is 0 Å². The van der Waals surface area contributed by atoms with E-state index in [-0.39, 0.29) is 11.1 Å². The van der Waals surface area contributed by atoms with Crippen LogP contribution in [0.1, 0.15) is 26.7 Å². The normalized spacial score (nSPS) is 12.3. The topological polar surface area (TPSA) is 66.9 Å². The second kappa shape index (κ2) is 6.96. The Morgan fingerprint density at radius 2 is 2.22 bits per heavy atom. The molecule has 0 amide bonds. The highest BCUT2D eigenvalue weighted by molar-refractivity contribution is 4.89. The van der Waals surface area contributed by atoms with Crippen molar-refractivity contribution in [2.24, 2.45) is 0 Å². The van der Waals surface area contributed by atoms with Crippen LogP contribution in [0.15, 0.2) is 33.9 Å². The molecule has 0 radical (unpaired) electrons. The first-order chi connectivity index (χ1) is 8.49. The van der Waals surface area contributed by atoms with Gasteiger partial charge in [-0.05, 0) is 26.7 Å². The van der Waals surface area contributed by atoms with Crippen molar-refractivity contribution >= 4 is 0 Å². The van der Waals surface area contributed by atoms with E-state index in [1.807, 2.05) is 6.92 Å². The number of hydrogen-bond acceptors (Lipinski definition) is 3. The second-order valence-corrected chi connectivity index (χ2v) is 4.65. The molecule has 0 aromatic carbocycles. The fraction of sp³-hybridized carbons (Fsp3) is 0.538. The lowest BCUT2D eigenvalue weighted by molar-refractivity contribution is 0.464. The zero-order valence-electron chi connectivity index (χ0n) is 11.0. The molecule has 0 aliphatic rings. The molecule has 0 bridgehead atoms. The lowest BCUT2D eigenvalue weighted by atomic mass is 10.1. The number of aromatic nitrogens is 2. The van der Waals surface area contributed by atoms with E-state index in [0.717, 1.165) is 12.8 Å². The average molecular weight is 251 g/mol. The molecule has 18 heavy (non-hydrogen) atoms. The summed E-state index contributed by atoms with van der Waals surface area (Å²) in [6, 6.07) is 2.89. The SMILES string of the molecule is C=C(C)CCC(C)NCCn1[nH]c(=O)ccc1=O. The van der Waals surface area contributed by atoms with E-state index in [1.165, 1.54) is 22.4 Å². The van der Waals surface area contributed by atoms with Crippen molar-refractivity contribution in [2.75, 3.05) is 6.54 Å². The molecule has 1 unspecified atom stereocenters. The third-order valence-corrected chi connectivity index (χ3v) is 2.72. The van der Waals surface area contributed by atoms with Crippen molar-refractivity contribution in [1.82, 2.24) is 15.1 Å². The summed E-state index contributed by atoms with van der Waals surface area (Å²) in [5, 5.41) is 5.80. The Morgan fingerprint density at radius 1 is 1.50 bits per heavy atom. The van der Waals surface area contributed by atoms with Crippen molar-refractivity contribution in [3.63, 3.8) is 0 Å². The number of rotatable bonds is 7. The van der Waals surface area contributed by atoms with Gasteiger partial charge in [0.25, 0.3) is 11.1 Å².